The Labute approximate surface area is 117 Å². The highest BCUT2D eigenvalue weighted by Gasteiger charge is 2.07. The fraction of sp³-hybridized carbons (Fsp3) is 0.308. The highest BCUT2D eigenvalue weighted by Crippen LogP contribution is 2.14. The third kappa shape index (κ3) is 3.71. The summed E-state index contributed by atoms with van der Waals surface area (Å²) in [4.78, 5) is 8.45. The molecule has 0 aliphatic heterocycles. The molecule has 0 radical (unpaired) electrons. The predicted molar refractivity (Wildman–Crippen MR) is 77.4 cm³/mol. The van der Waals surface area contributed by atoms with E-state index in [-0.39, 0.29) is 0 Å². The van der Waals surface area contributed by atoms with Crippen LogP contribution in [-0.4, -0.2) is 41.3 Å². The second-order valence-electron chi connectivity index (χ2n) is 4.00. The molecule has 0 spiro atoms. The van der Waals surface area contributed by atoms with Crippen LogP contribution in [0.4, 0.5) is 0 Å². The lowest BCUT2D eigenvalue weighted by atomic mass is 10.4. The molecule has 0 aliphatic rings. The van der Waals surface area contributed by atoms with Crippen molar-refractivity contribution in [2.45, 2.75) is 6.42 Å². The third-order valence-electron chi connectivity index (χ3n) is 2.56. The first-order chi connectivity index (χ1) is 9.83. The van der Waals surface area contributed by atoms with Gasteiger partial charge in [0.1, 0.15) is 5.82 Å². The number of rotatable bonds is 6. The van der Waals surface area contributed by atoms with Gasteiger partial charge in [0.15, 0.2) is 11.7 Å². The van der Waals surface area contributed by atoms with E-state index in [9.17, 15) is 0 Å². The molecule has 3 N–H and O–H groups in total. The molecule has 2 aromatic heterocycles. The van der Waals surface area contributed by atoms with Gasteiger partial charge in [0, 0.05) is 26.6 Å². The Morgan fingerprint density at radius 2 is 2.45 bits per heavy atom. The summed E-state index contributed by atoms with van der Waals surface area (Å²) in [7, 11) is 1.72. The molecule has 0 fully saturated rings. The minimum Gasteiger partial charge on any atom is -0.461 e. The zero-order valence-corrected chi connectivity index (χ0v) is 11.4. The molecule has 20 heavy (non-hydrogen) atoms. The maximum Gasteiger partial charge on any atom is 0.216 e. The van der Waals surface area contributed by atoms with Crippen LogP contribution in [0.15, 0.2) is 40.5 Å². The number of aliphatic imine (C=N–C) groups is 1. The van der Waals surface area contributed by atoms with Crippen molar-refractivity contribution in [3.8, 4) is 11.6 Å². The van der Waals surface area contributed by atoms with E-state index >= 15 is 0 Å². The summed E-state index contributed by atoms with van der Waals surface area (Å²) >= 11 is 0. The maximum atomic E-state index is 5.24. The first kappa shape index (κ1) is 13.9. The molecule has 0 unspecified atom stereocenters. The lowest BCUT2D eigenvalue weighted by molar-refractivity contribution is 0.577. The zero-order chi connectivity index (χ0) is 14.2. The minimum absolute atomic E-state index is 0.569. The van der Waals surface area contributed by atoms with Crippen LogP contribution in [0.1, 0.15) is 5.82 Å². The van der Waals surface area contributed by atoms with Crippen molar-refractivity contribution in [2.75, 3.05) is 20.1 Å². The van der Waals surface area contributed by atoms with Crippen molar-refractivity contribution < 1.29 is 4.42 Å². The molecule has 2 heterocycles. The van der Waals surface area contributed by atoms with Crippen LogP contribution >= 0.6 is 0 Å². The molecule has 0 amide bonds. The predicted octanol–water partition coefficient (Wildman–Crippen LogP) is 0.958. The maximum absolute atomic E-state index is 5.24. The number of aromatic nitrogens is 3. The van der Waals surface area contributed by atoms with Gasteiger partial charge >= 0.3 is 0 Å². The van der Waals surface area contributed by atoms with Crippen LogP contribution < -0.4 is 10.6 Å². The highest BCUT2D eigenvalue weighted by molar-refractivity contribution is 5.79. The molecular formula is C13H18N6O. The van der Waals surface area contributed by atoms with E-state index in [2.05, 4.69) is 37.4 Å². The normalized spacial score (nSPS) is 11.3. The number of H-pyrrole nitrogens is 1. The minimum atomic E-state index is 0.569. The van der Waals surface area contributed by atoms with Crippen LogP contribution in [0.3, 0.4) is 0 Å². The fourth-order valence-corrected chi connectivity index (χ4v) is 1.61. The van der Waals surface area contributed by atoms with E-state index < -0.39 is 0 Å². The van der Waals surface area contributed by atoms with Gasteiger partial charge in [0.25, 0.3) is 0 Å². The summed E-state index contributed by atoms with van der Waals surface area (Å²) in [5.41, 5.74) is 0. The monoisotopic (exact) mass is 274 g/mol. The summed E-state index contributed by atoms with van der Waals surface area (Å²) in [5.74, 6) is 2.75. The highest BCUT2D eigenvalue weighted by atomic mass is 16.3. The smallest absolute Gasteiger partial charge is 0.216 e. The Balaban J connectivity index is 1.81. The number of hydrogen-bond donors (Lipinski definition) is 3. The first-order valence-corrected chi connectivity index (χ1v) is 6.34. The lowest BCUT2D eigenvalue weighted by Crippen LogP contribution is -2.38. The molecule has 0 atom stereocenters. The quantitative estimate of drug-likeness (QED) is 0.414. The SMILES string of the molecule is C=CCNC(=NC)NCCc1nc(-c2ccco2)n[nH]1. The summed E-state index contributed by atoms with van der Waals surface area (Å²) in [6, 6.07) is 3.63. The van der Waals surface area contributed by atoms with Gasteiger partial charge in [-0.1, -0.05) is 6.08 Å². The molecule has 0 saturated carbocycles. The van der Waals surface area contributed by atoms with Crippen molar-refractivity contribution in [3.63, 3.8) is 0 Å². The number of aromatic amines is 1. The zero-order valence-electron chi connectivity index (χ0n) is 11.4. The van der Waals surface area contributed by atoms with Gasteiger partial charge in [-0.2, -0.15) is 5.10 Å². The second kappa shape index (κ2) is 7.13. The van der Waals surface area contributed by atoms with Gasteiger partial charge < -0.3 is 15.1 Å². The number of nitrogens with one attached hydrogen (secondary N) is 3. The molecule has 106 valence electrons. The van der Waals surface area contributed by atoms with Gasteiger partial charge in [0.05, 0.1) is 6.26 Å². The Bertz CT molecular complexity index is 557. The standard InChI is InChI=1S/C13H18N6O/c1-3-7-15-13(14-2)16-8-6-11-17-12(19-18-11)10-5-4-9-20-10/h3-5,9H,1,6-8H2,2H3,(H2,14,15,16)(H,17,18,19). The van der Waals surface area contributed by atoms with Crippen molar-refractivity contribution >= 4 is 5.96 Å². The summed E-state index contributed by atoms with van der Waals surface area (Å²) in [6.45, 7) is 5.01. The Hall–Kier alpha value is -2.57. The largest absolute Gasteiger partial charge is 0.461 e. The molecular weight excluding hydrogens is 256 g/mol. The van der Waals surface area contributed by atoms with Crippen molar-refractivity contribution in [2.24, 2.45) is 4.99 Å². The first-order valence-electron chi connectivity index (χ1n) is 6.34. The average Bonchev–Trinajstić information content (AvgIpc) is 3.13. The summed E-state index contributed by atoms with van der Waals surface area (Å²) in [5, 5.41) is 13.3. The molecule has 2 rings (SSSR count). The van der Waals surface area contributed by atoms with E-state index in [1.54, 1.807) is 19.4 Å². The van der Waals surface area contributed by atoms with Crippen LogP contribution in [0.2, 0.25) is 0 Å². The van der Waals surface area contributed by atoms with Gasteiger partial charge in [-0.3, -0.25) is 10.1 Å². The number of guanidine groups is 1. The molecule has 2 aromatic rings. The van der Waals surface area contributed by atoms with E-state index in [1.807, 2.05) is 12.1 Å². The van der Waals surface area contributed by atoms with Crippen molar-refractivity contribution in [3.05, 3.63) is 36.9 Å². The number of nitrogens with zero attached hydrogens (tertiary/aromatic N) is 3. The molecule has 7 nitrogen and oxygen atoms in total. The fourth-order valence-electron chi connectivity index (χ4n) is 1.61. The van der Waals surface area contributed by atoms with Gasteiger partial charge in [-0.25, -0.2) is 4.98 Å². The van der Waals surface area contributed by atoms with Gasteiger partial charge in [0.2, 0.25) is 5.82 Å². The van der Waals surface area contributed by atoms with Gasteiger partial charge in [-0.05, 0) is 12.1 Å². The van der Waals surface area contributed by atoms with Crippen LogP contribution in [0.5, 0.6) is 0 Å². The molecule has 0 saturated heterocycles. The summed E-state index contributed by atoms with van der Waals surface area (Å²) < 4.78 is 5.24. The molecule has 0 aromatic carbocycles. The second-order valence-corrected chi connectivity index (χ2v) is 4.00. The van der Waals surface area contributed by atoms with E-state index in [4.69, 9.17) is 4.42 Å². The average molecular weight is 274 g/mol. The van der Waals surface area contributed by atoms with Crippen molar-refractivity contribution in [1.82, 2.24) is 25.8 Å². The van der Waals surface area contributed by atoms with Gasteiger partial charge in [-0.15, -0.1) is 6.58 Å². The van der Waals surface area contributed by atoms with E-state index in [0.717, 1.165) is 11.8 Å². The molecule has 7 heteroatoms. The number of hydrogen-bond acceptors (Lipinski definition) is 4. The van der Waals surface area contributed by atoms with Crippen LogP contribution in [0.25, 0.3) is 11.6 Å². The Morgan fingerprint density at radius 1 is 1.55 bits per heavy atom. The summed E-state index contributed by atoms with van der Waals surface area (Å²) in [6.07, 6.45) is 4.09. The van der Waals surface area contributed by atoms with E-state index in [1.165, 1.54) is 0 Å². The lowest BCUT2D eigenvalue weighted by Gasteiger charge is -2.09. The Kier molecular flexibility index (Phi) is 4.94. The molecule has 0 bridgehead atoms. The van der Waals surface area contributed by atoms with Crippen molar-refractivity contribution in [1.29, 1.82) is 0 Å². The topological polar surface area (TPSA) is 91.1 Å². The van der Waals surface area contributed by atoms with Crippen LogP contribution in [0, 0.1) is 0 Å². The van der Waals surface area contributed by atoms with E-state index in [0.29, 0.717) is 31.1 Å². The molecule has 0 aliphatic carbocycles. The third-order valence-corrected chi connectivity index (χ3v) is 2.56. The number of furan rings is 1. The van der Waals surface area contributed by atoms with Crippen LogP contribution in [-0.2, 0) is 6.42 Å². The Morgan fingerprint density at radius 3 is 3.15 bits per heavy atom.